The fraction of sp³-hybridized carbons (Fsp3) is 0.412. The summed E-state index contributed by atoms with van der Waals surface area (Å²) in [7, 11) is 0. The number of aromatic nitrogens is 1. The molecule has 1 saturated heterocycles. The molecule has 1 aromatic carbocycles. The van der Waals surface area contributed by atoms with Crippen LogP contribution in [0.5, 0.6) is 0 Å². The van der Waals surface area contributed by atoms with Crippen molar-refractivity contribution in [2.24, 2.45) is 0 Å². The van der Waals surface area contributed by atoms with Gasteiger partial charge in [-0.3, -0.25) is 9.69 Å². The number of nitrogens with zero attached hydrogens (tertiary/aromatic N) is 3. The van der Waals surface area contributed by atoms with Gasteiger partial charge in [-0.25, -0.2) is 4.98 Å². The number of carbonyl (C=O) groups excluding carboxylic acids is 1. The first-order valence-electron chi connectivity index (χ1n) is 7.82. The third kappa shape index (κ3) is 3.77. The van der Waals surface area contributed by atoms with Crippen LogP contribution in [0.4, 0.5) is 0 Å². The second kappa shape index (κ2) is 7.21. The number of carbonyl (C=O) groups is 1. The van der Waals surface area contributed by atoms with Gasteiger partial charge in [0.25, 0.3) is 5.91 Å². The third-order valence-corrected chi connectivity index (χ3v) is 4.99. The molecule has 5 nitrogen and oxygen atoms in total. The van der Waals surface area contributed by atoms with Gasteiger partial charge in [0.2, 0.25) is 0 Å². The van der Waals surface area contributed by atoms with E-state index < -0.39 is 0 Å². The summed E-state index contributed by atoms with van der Waals surface area (Å²) in [6.07, 6.45) is 0. The number of hydrogen-bond acceptors (Lipinski definition) is 5. The number of piperazine rings is 1. The Labute approximate surface area is 140 Å². The van der Waals surface area contributed by atoms with Gasteiger partial charge in [0, 0.05) is 43.7 Å². The van der Waals surface area contributed by atoms with E-state index in [1.54, 1.807) is 0 Å². The van der Waals surface area contributed by atoms with Gasteiger partial charge in [0.1, 0.15) is 10.7 Å². The minimum atomic E-state index is 0.00302. The Morgan fingerprint density at radius 1 is 1.22 bits per heavy atom. The van der Waals surface area contributed by atoms with Crippen LogP contribution in [-0.2, 0) is 0 Å². The van der Waals surface area contributed by atoms with Gasteiger partial charge in [0.15, 0.2) is 0 Å². The SMILES string of the molecule is Cc1ccc(-c2nc(C(=O)N3CCN(CCO)CC3)cs2)cc1. The minimum absolute atomic E-state index is 0.00302. The van der Waals surface area contributed by atoms with Gasteiger partial charge >= 0.3 is 0 Å². The normalized spacial score (nSPS) is 15.8. The van der Waals surface area contributed by atoms with E-state index in [1.807, 2.05) is 22.4 Å². The minimum Gasteiger partial charge on any atom is -0.395 e. The average Bonchev–Trinajstić information content (AvgIpc) is 3.06. The summed E-state index contributed by atoms with van der Waals surface area (Å²) < 4.78 is 0. The highest BCUT2D eigenvalue weighted by molar-refractivity contribution is 7.13. The van der Waals surface area contributed by atoms with Crippen LogP contribution in [-0.4, -0.2) is 65.1 Å². The molecule has 0 spiro atoms. The van der Waals surface area contributed by atoms with Crippen molar-refractivity contribution in [3.05, 3.63) is 40.9 Å². The Morgan fingerprint density at radius 2 is 1.91 bits per heavy atom. The lowest BCUT2D eigenvalue weighted by Crippen LogP contribution is -2.49. The monoisotopic (exact) mass is 331 g/mol. The summed E-state index contributed by atoms with van der Waals surface area (Å²) in [4.78, 5) is 21.1. The fourth-order valence-electron chi connectivity index (χ4n) is 2.68. The Morgan fingerprint density at radius 3 is 2.57 bits per heavy atom. The van der Waals surface area contributed by atoms with Crippen molar-refractivity contribution in [2.75, 3.05) is 39.3 Å². The standard InChI is InChI=1S/C17H21N3O2S/c1-13-2-4-14(5-3-13)16-18-15(12-23-16)17(22)20-8-6-19(7-9-20)10-11-21/h2-5,12,21H,6-11H2,1H3. The zero-order valence-electron chi connectivity index (χ0n) is 13.2. The van der Waals surface area contributed by atoms with Gasteiger partial charge in [-0.15, -0.1) is 11.3 Å². The number of rotatable bonds is 4. The van der Waals surface area contributed by atoms with Gasteiger partial charge in [-0.05, 0) is 6.92 Å². The summed E-state index contributed by atoms with van der Waals surface area (Å²) in [5, 5.41) is 11.7. The summed E-state index contributed by atoms with van der Waals surface area (Å²) in [6, 6.07) is 8.18. The number of β-amino-alcohol motifs (C(OH)–C–C–N with tert-alkyl or cyclic N) is 1. The van der Waals surface area contributed by atoms with Crippen LogP contribution in [0.3, 0.4) is 0 Å². The van der Waals surface area contributed by atoms with Crippen LogP contribution < -0.4 is 0 Å². The first-order chi connectivity index (χ1) is 11.2. The second-order valence-corrected chi connectivity index (χ2v) is 6.62. The van der Waals surface area contributed by atoms with Gasteiger partial charge in [-0.2, -0.15) is 0 Å². The van der Waals surface area contributed by atoms with Crippen LogP contribution in [0.25, 0.3) is 10.6 Å². The summed E-state index contributed by atoms with van der Waals surface area (Å²) >= 11 is 1.51. The van der Waals surface area contributed by atoms with E-state index in [4.69, 9.17) is 5.11 Å². The van der Waals surface area contributed by atoms with Crippen molar-refractivity contribution < 1.29 is 9.90 Å². The van der Waals surface area contributed by atoms with Crippen molar-refractivity contribution in [1.82, 2.24) is 14.8 Å². The molecule has 1 fully saturated rings. The quantitative estimate of drug-likeness (QED) is 0.929. The van der Waals surface area contributed by atoms with Crippen LogP contribution >= 0.6 is 11.3 Å². The Hall–Kier alpha value is -1.76. The van der Waals surface area contributed by atoms with Crippen LogP contribution in [0.2, 0.25) is 0 Å². The summed E-state index contributed by atoms with van der Waals surface area (Å²) in [5.74, 6) is 0.00302. The van der Waals surface area contributed by atoms with Crippen molar-refractivity contribution in [3.8, 4) is 10.6 Å². The zero-order valence-corrected chi connectivity index (χ0v) is 14.1. The highest BCUT2D eigenvalue weighted by Crippen LogP contribution is 2.24. The molecule has 2 heterocycles. The number of aryl methyl sites for hydroxylation is 1. The third-order valence-electron chi connectivity index (χ3n) is 4.10. The molecule has 0 unspecified atom stereocenters. The lowest BCUT2D eigenvalue weighted by molar-refractivity contribution is 0.0610. The van der Waals surface area contributed by atoms with Gasteiger partial charge in [-0.1, -0.05) is 29.8 Å². The van der Waals surface area contributed by atoms with E-state index in [2.05, 4.69) is 28.9 Å². The molecule has 1 N–H and O–H groups in total. The molecule has 0 aliphatic carbocycles. The number of hydrogen-bond donors (Lipinski definition) is 1. The van der Waals surface area contributed by atoms with E-state index >= 15 is 0 Å². The number of aliphatic hydroxyl groups excluding tert-OH is 1. The summed E-state index contributed by atoms with van der Waals surface area (Å²) in [5.41, 5.74) is 2.79. The van der Waals surface area contributed by atoms with Crippen LogP contribution in [0.1, 0.15) is 16.1 Å². The van der Waals surface area contributed by atoms with Crippen molar-refractivity contribution in [2.45, 2.75) is 6.92 Å². The highest BCUT2D eigenvalue weighted by atomic mass is 32.1. The van der Waals surface area contributed by atoms with Crippen molar-refractivity contribution in [3.63, 3.8) is 0 Å². The lowest BCUT2D eigenvalue weighted by atomic mass is 10.2. The predicted octanol–water partition coefficient (Wildman–Crippen LogP) is 1.87. The molecule has 1 aromatic heterocycles. The van der Waals surface area contributed by atoms with Crippen molar-refractivity contribution in [1.29, 1.82) is 0 Å². The fourth-order valence-corrected chi connectivity index (χ4v) is 3.48. The van der Waals surface area contributed by atoms with Gasteiger partial charge in [0.05, 0.1) is 6.61 Å². The van der Waals surface area contributed by atoms with E-state index in [1.165, 1.54) is 16.9 Å². The van der Waals surface area contributed by atoms with Gasteiger partial charge < -0.3 is 10.0 Å². The number of benzene rings is 1. The molecule has 0 radical (unpaired) electrons. The molecule has 0 saturated carbocycles. The number of thiazole rings is 1. The van der Waals surface area contributed by atoms with E-state index in [9.17, 15) is 4.79 Å². The first kappa shape index (κ1) is 16.1. The maximum atomic E-state index is 12.6. The number of amides is 1. The smallest absolute Gasteiger partial charge is 0.273 e. The Bertz CT molecular complexity index is 661. The Balaban J connectivity index is 1.66. The molecule has 1 aliphatic heterocycles. The largest absolute Gasteiger partial charge is 0.395 e. The second-order valence-electron chi connectivity index (χ2n) is 5.76. The molecule has 23 heavy (non-hydrogen) atoms. The van der Waals surface area contributed by atoms with Crippen LogP contribution in [0, 0.1) is 6.92 Å². The van der Waals surface area contributed by atoms with E-state index in [0.717, 1.165) is 23.7 Å². The molecular weight excluding hydrogens is 310 g/mol. The first-order valence-corrected chi connectivity index (χ1v) is 8.70. The highest BCUT2D eigenvalue weighted by Gasteiger charge is 2.23. The average molecular weight is 331 g/mol. The summed E-state index contributed by atoms with van der Waals surface area (Å²) in [6.45, 7) is 5.89. The number of aliphatic hydroxyl groups is 1. The topological polar surface area (TPSA) is 56.7 Å². The molecule has 122 valence electrons. The lowest BCUT2D eigenvalue weighted by Gasteiger charge is -2.33. The predicted molar refractivity (Wildman–Crippen MR) is 91.7 cm³/mol. The molecular formula is C17H21N3O2S. The molecule has 0 atom stereocenters. The molecule has 2 aromatic rings. The zero-order chi connectivity index (χ0) is 16.2. The van der Waals surface area contributed by atoms with Crippen molar-refractivity contribution >= 4 is 17.2 Å². The molecule has 0 bridgehead atoms. The molecule has 1 aliphatic rings. The molecule has 1 amide bonds. The Kier molecular flexibility index (Phi) is 5.05. The van der Waals surface area contributed by atoms with Crippen LogP contribution in [0.15, 0.2) is 29.6 Å². The maximum Gasteiger partial charge on any atom is 0.273 e. The van der Waals surface area contributed by atoms with E-state index in [-0.39, 0.29) is 12.5 Å². The molecule has 3 rings (SSSR count). The molecule has 6 heteroatoms. The maximum absolute atomic E-state index is 12.6. The van der Waals surface area contributed by atoms with E-state index in [0.29, 0.717) is 25.3 Å².